The third-order valence-corrected chi connectivity index (χ3v) is 18.3. The lowest BCUT2D eigenvalue weighted by molar-refractivity contribution is 0.00578. The molecular formula is C66H76B2Br3IO4. The maximum Gasteiger partial charge on any atom is 0.494 e. The lowest BCUT2D eigenvalue weighted by Crippen LogP contribution is -2.41. The molecule has 0 amide bonds. The molecule has 0 aromatic heterocycles. The third-order valence-electron chi connectivity index (χ3n) is 16.0. The van der Waals surface area contributed by atoms with Crippen molar-refractivity contribution >= 4 is 95.5 Å². The predicted octanol–water partition coefficient (Wildman–Crippen LogP) is 18.6. The predicted molar refractivity (Wildman–Crippen MR) is 342 cm³/mol. The van der Waals surface area contributed by atoms with Gasteiger partial charge in [-0.3, -0.25) is 0 Å². The number of rotatable bonds is 12. The molecule has 2 aliphatic heterocycles. The molecule has 0 spiro atoms. The maximum absolute atomic E-state index is 6.27. The molecule has 76 heavy (non-hydrogen) atoms. The first-order valence-electron chi connectivity index (χ1n) is 26.7. The average Bonchev–Trinajstić information content (AvgIpc) is 3.77. The molecule has 2 aliphatic rings. The van der Waals surface area contributed by atoms with Gasteiger partial charge in [0.1, 0.15) is 0 Å². The number of hydrogen-bond donors (Lipinski definition) is 0. The summed E-state index contributed by atoms with van der Waals surface area (Å²) in [6.45, 7) is 30.7. The Morgan fingerprint density at radius 3 is 0.803 bits per heavy atom. The first-order chi connectivity index (χ1) is 35.6. The smallest absolute Gasteiger partial charge is 0.399 e. The van der Waals surface area contributed by atoms with E-state index in [-0.39, 0.29) is 47.5 Å². The SMILES string of the molecule is Brc1ccc(I)cc1.CC(C)CC(C)(c1ccc(-c2ccc(Br)cc2)cc1)c1ccc(-c2ccc(Br)cc2)cc1.CC(C)CC(C)(c1ccc(B2OC(C)(C)C(C)(C)O2)cc1)c1ccc(B2OC(C)(C)C(C)(C)O2)cc1. The molecule has 0 radical (unpaired) electrons. The van der Waals surface area contributed by atoms with Crippen molar-refractivity contribution in [3.63, 3.8) is 0 Å². The van der Waals surface area contributed by atoms with Crippen molar-refractivity contribution in [1.82, 2.24) is 0 Å². The lowest BCUT2D eigenvalue weighted by Gasteiger charge is -2.33. The maximum atomic E-state index is 6.27. The molecule has 0 aliphatic carbocycles. The molecule has 398 valence electrons. The molecule has 0 atom stereocenters. The molecule has 0 saturated carbocycles. The number of hydrogen-bond acceptors (Lipinski definition) is 4. The molecule has 2 saturated heterocycles. The van der Waals surface area contributed by atoms with Gasteiger partial charge in [0, 0.05) is 27.8 Å². The van der Waals surface area contributed by atoms with E-state index in [1.165, 1.54) is 48.1 Å². The van der Waals surface area contributed by atoms with Gasteiger partial charge in [0.15, 0.2) is 0 Å². The second-order valence-corrected chi connectivity index (χ2v) is 27.9. The highest BCUT2D eigenvalue weighted by molar-refractivity contribution is 14.1. The van der Waals surface area contributed by atoms with E-state index < -0.39 is 0 Å². The van der Waals surface area contributed by atoms with Crippen LogP contribution in [0.1, 0.15) is 132 Å². The van der Waals surface area contributed by atoms with Crippen LogP contribution >= 0.6 is 70.4 Å². The van der Waals surface area contributed by atoms with Crippen LogP contribution in [0.4, 0.5) is 0 Å². The first-order valence-corrected chi connectivity index (χ1v) is 30.1. The van der Waals surface area contributed by atoms with Crippen molar-refractivity contribution < 1.29 is 18.6 Å². The van der Waals surface area contributed by atoms with Crippen LogP contribution in [-0.4, -0.2) is 36.6 Å². The van der Waals surface area contributed by atoms with Crippen molar-refractivity contribution in [2.45, 2.75) is 143 Å². The van der Waals surface area contributed by atoms with E-state index in [2.05, 4.69) is 325 Å². The molecule has 0 N–H and O–H groups in total. The highest BCUT2D eigenvalue weighted by Crippen LogP contribution is 2.42. The molecule has 0 bridgehead atoms. The van der Waals surface area contributed by atoms with E-state index in [0.717, 1.165) is 37.2 Å². The highest BCUT2D eigenvalue weighted by atomic mass is 127. The fraction of sp³-hybridized carbons (Fsp3) is 0.364. The van der Waals surface area contributed by atoms with E-state index in [1.807, 2.05) is 12.1 Å². The van der Waals surface area contributed by atoms with Gasteiger partial charge in [-0.15, -0.1) is 0 Å². The molecule has 0 unspecified atom stereocenters. The molecule has 2 heterocycles. The molecule has 9 rings (SSSR count). The largest absolute Gasteiger partial charge is 0.494 e. The third kappa shape index (κ3) is 14.3. The summed E-state index contributed by atoms with van der Waals surface area (Å²) in [4.78, 5) is 0. The van der Waals surface area contributed by atoms with Crippen molar-refractivity contribution in [2.75, 3.05) is 0 Å². The minimum Gasteiger partial charge on any atom is -0.399 e. The van der Waals surface area contributed by atoms with Crippen molar-refractivity contribution in [1.29, 1.82) is 0 Å². The normalized spacial score (nSPS) is 16.5. The van der Waals surface area contributed by atoms with Crippen LogP contribution in [0.25, 0.3) is 22.3 Å². The minimum absolute atomic E-state index is 0.0370. The second kappa shape index (κ2) is 24.6. The van der Waals surface area contributed by atoms with Gasteiger partial charge in [0.2, 0.25) is 0 Å². The van der Waals surface area contributed by atoms with Crippen LogP contribution in [0.2, 0.25) is 0 Å². The van der Waals surface area contributed by atoms with Gasteiger partial charge in [0.25, 0.3) is 0 Å². The summed E-state index contributed by atoms with van der Waals surface area (Å²) in [6.07, 6.45) is 2.14. The first kappa shape index (κ1) is 60.3. The monoisotopic (exact) mass is 1320 g/mol. The van der Waals surface area contributed by atoms with Gasteiger partial charge < -0.3 is 18.6 Å². The standard InChI is InChI=1S/C30H44B2O4.C30H28Br2.C6H4BrI/c1-21(2)20-30(11,22-12-16-24(17-13-22)31-33-26(3,4)27(5,6)34-31)23-14-18-25(19-15-23)32-35-28(7,8)29(9,10)36-32;1-21(2)20-30(3,26-12-4-22(5-13-26)24-8-16-28(31)17-9-24)27-14-6-23(7-15-27)25-10-18-29(32)19-11-25;7-5-1-3-6(8)4-2-5/h12-19,21H,20H2,1-11H3;4-19,21H,20H2,1-3H3;1-4H. The van der Waals surface area contributed by atoms with Gasteiger partial charge >= 0.3 is 14.2 Å². The van der Waals surface area contributed by atoms with Gasteiger partial charge in [-0.2, -0.15) is 0 Å². The summed E-state index contributed by atoms with van der Waals surface area (Å²) in [5.74, 6) is 1.14. The molecular weight excluding hydrogens is 1240 g/mol. The van der Waals surface area contributed by atoms with E-state index in [4.69, 9.17) is 18.6 Å². The Balaban J connectivity index is 0.000000194. The zero-order valence-electron chi connectivity index (χ0n) is 47.0. The molecule has 7 aromatic rings. The van der Waals surface area contributed by atoms with Gasteiger partial charge in [-0.1, -0.05) is 211 Å². The van der Waals surface area contributed by atoms with Crippen molar-refractivity contribution in [2.24, 2.45) is 11.8 Å². The van der Waals surface area contributed by atoms with Crippen LogP contribution in [0, 0.1) is 15.4 Å². The lowest BCUT2D eigenvalue weighted by atomic mass is 9.68. The van der Waals surface area contributed by atoms with Gasteiger partial charge in [-0.05, 0) is 207 Å². The molecule has 2 fully saturated rings. The fourth-order valence-corrected chi connectivity index (χ4v) is 11.3. The Hall–Kier alpha value is -3.32. The summed E-state index contributed by atoms with van der Waals surface area (Å²) in [5, 5.41) is 0. The Morgan fingerprint density at radius 1 is 0.368 bits per heavy atom. The topological polar surface area (TPSA) is 36.9 Å². The summed E-state index contributed by atoms with van der Waals surface area (Å²) >= 11 is 12.7. The van der Waals surface area contributed by atoms with Crippen LogP contribution in [0.15, 0.2) is 183 Å². The van der Waals surface area contributed by atoms with E-state index in [1.54, 1.807) is 0 Å². The van der Waals surface area contributed by atoms with Crippen molar-refractivity contribution in [3.8, 4) is 22.3 Å². The summed E-state index contributed by atoms with van der Waals surface area (Å²) in [7, 11) is -0.695. The van der Waals surface area contributed by atoms with Crippen LogP contribution in [0.3, 0.4) is 0 Å². The number of halogens is 4. The van der Waals surface area contributed by atoms with E-state index in [0.29, 0.717) is 11.8 Å². The summed E-state index contributed by atoms with van der Waals surface area (Å²) in [5.41, 5.74) is 10.9. The number of benzene rings is 7. The van der Waals surface area contributed by atoms with E-state index in [9.17, 15) is 0 Å². The van der Waals surface area contributed by atoms with Gasteiger partial charge in [-0.25, -0.2) is 0 Å². The Bertz CT molecular complexity index is 2750. The minimum atomic E-state index is -0.348. The Labute approximate surface area is 496 Å². The summed E-state index contributed by atoms with van der Waals surface area (Å²) < 4.78 is 29.7. The van der Waals surface area contributed by atoms with E-state index >= 15 is 0 Å². The average molecular weight is 1320 g/mol. The Morgan fingerprint density at radius 2 is 0.579 bits per heavy atom. The van der Waals surface area contributed by atoms with Crippen molar-refractivity contribution in [3.05, 3.63) is 209 Å². The summed E-state index contributed by atoms with van der Waals surface area (Å²) in [6, 6.07) is 61.1. The fourth-order valence-electron chi connectivity index (χ4n) is 10.2. The molecule has 10 heteroatoms. The van der Waals surface area contributed by atoms with Crippen LogP contribution in [0.5, 0.6) is 0 Å². The highest BCUT2D eigenvalue weighted by Gasteiger charge is 2.53. The zero-order chi connectivity index (χ0) is 55.4. The molecule has 7 aromatic carbocycles. The van der Waals surface area contributed by atoms with Gasteiger partial charge in [0.05, 0.1) is 22.4 Å². The molecule has 4 nitrogen and oxygen atoms in total. The second-order valence-electron chi connectivity index (χ2n) is 23.9. The Kier molecular flexibility index (Phi) is 19.5. The zero-order valence-corrected chi connectivity index (χ0v) is 53.9. The quantitative estimate of drug-likeness (QED) is 0.0902. The van der Waals surface area contributed by atoms with Crippen LogP contribution in [-0.2, 0) is 29.4 Å². The van der Waals surface area contributed by atoms with Crippen LogP contribution < -0.4 is 10.9 Å².